The average molecular weight is 438 g/mol. The summed E-state index contributed by atoms with van der Waals surface area (Å²) in [6.45, 7) is 3.34. The summed E-state index contributed by atoms with van der Waals surface area (Å²) >= 11 is 0. The van der Waals surface area contributed by atoms with Crippen LogP contribution in [0.2, 0.25) is 0 Å². The normalized spacial score (nSPS) is 15.2. The highest BCUT2D eigenvalue weighted by molar-refractivity contribution is 5.94. The van der Waals surface area contributed by atoms with E-state index in [1.807, 2.05) is 18.2 Å². The van der Waals surface area contributed by atoms with Crippen LogP contribution in [0.15, 0.2) is 55.2 Å². The van der Waals surface area contributed by atoms with Gasteiger partial charge in [-0.2, -0.15) is 0 Å². The second kappa shape index (κ2) is 10.3. The number of aromatic nitrogens is 3. The van der Waals surface area contributed by atoms with E-state index in [4.69, 9.17) is 14.2 Å². The summed E-state index contributed by atoms with van der Waals surface area (Å²) in [4.78, 5) is 23.6. The molecular formula is C23H27N5O4. The first-order valence-electron chi connectivity index (χ1n) is 10.5. The van der Waals surface area contributed by atoms with Crippen molar-refractivity contribution < 1.29 is 19.0 Å². The zero-order chi connectivity index (χ0) is 22.3. The number of nitrogens with one attached hydrogen (secondary N) is 1. The van der Waals surface area contributed by atoms with Crippen LogP contribution in [0.25, 0.3) is 5.82 Å². The lowest BCUT2D eigenvalue weighted by atomic mass is 10.0. The first-order valence-corrected chi connectivity index (χ1v) is 10.5. The van der Waals surface area contributed by atoms with Crippen LogP contribution in [0.5, 0.6) is 11.5 Å². The van der Waals surface area contributed by atoms with E-state index < -0.39 is 0 Å². The Balaban J connectivity index is 1.53. The van der Waals surface area contributed by atoms with Gasteiger partial charge in [-0.3, -0.25) is 14.3 Å². The molecule has 9 heteroatoms. The number of hydrogen-bond donors (Lipinski definition) is 1. The van der Waals surface area contributed by atoms with Crippen molar-refractivity contribution in [3.05, 3.63) is 66.4 Å². The van der Waals surface area contributed by atoms with Gasteiger partial charge in [-0.15, -0.1) is 0 Å². The van der Waals surface area contributed by atoms with Crippen molar-refractivity contribution in [3.63, 3.8) is 0 Å². The highest BCUT2D eigenvalue weighted by Gasteiger charge is 2.24. The minimum absolute atomic E-state index is 0.0300. The maximum atomic E-state index is 13.0. The van der Waals surface area contributed by atoms with Gasteiger partial charge in [0.2, 0.25) is 0 Å². The topological polar surface area (TPSA) is 90.7 Å². The number of nitrogens with zero attached hydrogens (tertiary/aromatic N) is 4. The molecule has 9 nitrogen and oxygen atoms in total. The molecule has 1 aliphatic heterocycles. The van der Waals surface area contributed by atoms with Crippen molar-refractivity contribution in [3.8, 4) is 17.3 Å². The molecule has 1 aromatic carbocycles. The summed E-state index contributed by atoms with van der Waals surface area (Å²) in [5.41, 5.74) is 1.58. The van der Waals surface area contributed by atoms with Crippen molar-refractivity contribution in [2.75, 3.05) is 47.1 Å². The Hall–Kier alpha value is -3.43. The Bertz CT molecular complexity index is 1030. The summed E-state index contributed by atoms with van der Waals surface area (Å²) < 4.78 is 18.1. The molecule has 1 N–H and O–H groups in total. The Morgan fingerprint density at radius 1 is 1.12 bits per heavy atom. The molecule has 0 radical (unpaired) electrons. The molecule has 168 valence electrons. The molecule has 4 rings (SSSR count). The Morgan fingerprint density at radius 2 is 1.94 bits per heavy atom. The fraction of sp³-hybridized carbons (Fsp3) is 0.348. The van der Waals surface area contributed by atoms with Gasteiger partial charge in [0.05, 0.1) is 33.5 Å². The number of benzene rings is 1. The van der Waals surface area contributed by atoms with Crippen LogP contribution in [-0.2, 0) is 4.74 Å². The third-order valence-corrected chi connectivity index (χ3v) is 5.51. The lowest BCUT2D eigenvalue weighted by Crippen LogP contribution is -2.43. The van der Waals surface area contributed by atoms with Gasteiger partial charge in [0.25, 0.3) is 5.91 Å². The van der Waals surface area contributed by atoms with E-state index in [1.54, 1.807) is 55.8 Å². The van der Waals surface area contributed by atoms with Gasteiger partial charge in [0, 0.05) is 43.8 Å². The monoisotopic (exact) mass is 437 g/mol. The van der Waals surface area contributed by atoms with Crippen LogP contribution in [0, 0.1) is 0 Å². The lowest BCUT2D eigenvalue weighted by Gasteiger charge is -2.35. The minimum atomic E-state index is -0.160. The summed E-state index contributed by atoms with van der Waals surface area (Å²) in [5.74, 6) is 1.81. The van der Waals surface area contributed by atoms with E-state index in [-0.39, 0.29) is 11.9 Å². The van der Waals surface area contributed by atoms with Gasteiger partial charge >= 0.3 is 0 Å². The zero-order valence-electron chi connectivity index (χ0n) is 18.2. The van der Waals surface area contributed by atoms with Crippen molar-refractivity contribution in [1.82, 2.24) is 24.8 Å². The second-order valence-corrected chi connectivity index (χ2v) is 7.36. The molecule has 3 aromatic rings. The van der Waals surface area contributed by atoms with Gasteiger partial charge in [-0.05, 0) is 29.8 Å². The third kappa shape index (κ3) is 4.90. The average Bonchev–Trinajstić information content (AvgIpc) is 3.40. The van der Waals surface area contributed by atoms with Crippen LogP contribution in [0.4, 0.5) is 0 Å². The highest BCUT2D eigenvalue weighted by Crippen LogP contribution is 2.32. The minimum Gasteiger partial charge on any atom is -0.493 e. The van der Waals surface area contributed by atoms with Gasteiger partial charge < -0.3 is 19.5 Å². The molecule has 0 bridgehead atoms. The molecule has 0 spiro atoms. The molecule has 1 fully saturated rings. The van der Waals surface area contributed by atoms with Crippen molar-refractivity contribution >= 4 is 5.91 Å². The first kappa shape index (κ1) is 21.8. The molecule has 0 aliphatic carbocycles. The van der Waals surface area contributed by atoms with Crippen molar-refractivity contribution in [2.24, 2.45) is 0 Å². The van der Waals surface area contributed by atoms with E-state index in [1.165, 1.54) is 0 Å². The summed E-state index contributed by atoms with van der Waals surface area (Å²) in [6, 6.07) is 9.29. The van der Waals surface area contributed by atoms with Crippen molar-refractivity contribution in [2.45, 2.75) is 6.04 Å². The number of amides is 1. The molecule has 1 amide bonds. The van der Waals surface area contributed by atoms with Crippen LogP contribution in [0.3, 0.4) is 0 Å². The molecule has 1 saturated heterocycles. The van der Waals surface area contributed by atoms with E-state index in [2.05, 4.69) is 20.2 Å². The number of carbonyl (C=O) groups excluding carboxylic acids is 1. The van der Waals surface area contributed by atoms with Crippen LogP contribution < -0.4 is 14.8 Å². The Labute approximate surface area is 186 Å². The number of pyridine rings is 1. The number of rotatable bonds is 8. The maximum Gasteiger partial charge on any atom is 0.251 e. The number of ether oxygens (including phenoxy) is 3. The number of methoxy groups -OCH3 is 2. The molecule has 0 unspecified atom stereocenters. The van der Waals surface area contributed by atoms with E-state index in [0.29, 0.717) is 42.6 Å². The van der Waals surface area contributed by atoms with Crippen LogP contribution in [-0.4, -0.2) is 72.4 Å². The first-order chi connectivity index (χ1) is 15.7. The van der Waals surface area contributed by atoms with Crippen LogP contribution >= 0.6 is 0 Å². The highest BCUT2D eigenvalue weighted by atomic mass is 16.5. The van der Waals surface area contributed by atoms with Gasteiger partial charge in [-0.1, -0.05) is 6.07 Å². The summed E-state index contributed by atoms with van der Waals surface area (Å²) in [6.07, 6.45) is 6.73. The van der Waals surface area contributed by atoms with Crippen molar-refractivity contribution in [1.29, 1.82) is 0 Å². The van der Waals surface area contributed by atoms with E-state index >= 15 is 0 Å². The smallest absolute Gasteiger partial charge is 0.251 e. The molecule has 0 saturated carbocycles. The Morgan fingerprint density at radius 3 is 2.66 bits per heavy atom. The quantitative estimate of drug-likeness (QED) is 0.577. The number of morpholine rings is 1. The molecule has 3 heterocycles. The number of hydrogen-bond acceptors (Lipinski definition) is 7. The fourth-order valence-electron chi connectivity index (χ4n) is 3.79. The second-order valence-electron chi connectivity index (χ2n) is 7.36. The number of imidazole rings is 1. The fourth-order valence-corrected chi connectivity index (χ4v) is 3.79. The predicted octanol–water partition coefficient (Wildman–Crippen LogP) is 2.09. The number of carbonyl (C=O) groups is 1. The zero-order valence-corrected chi connectivity index (χ0v) is 18.2. The largest absolute Gasteiger partial charge is 0.493 e. The van der Waals surface area contributed by atoms with E-state index in [9.17, 15) is 4.79 Å². The standard InChI is InChI=1S/C23H27N5O4/c1-30-20-4-3-17(13-21(20)31-2)19(27-9-11-32-12-10-27)15-26-23(29)18-5-6-25-22(14-18)28-8-7-24-16-28/h3-8,13-14,16,19H,9-12,15H2,1-2H3,(H,26,29)/t19-/m1/s1. The molecular weight excluding hydrogens is 410 g/mol. The molecule has 1 aliphatic rings. The van der Waals surface area contributed by atoms with Crippen LogP contribution in [0.1, 0.15) is 22.0 Å². The molecule has 2 aromatic heterocycles. The summed E-state index contributed by atoms with van der Waals surface area (Å²) in [7, 11) is 3.23. The van der Waals surface area contributed by atoms with Gasteiger partial charge in [0.15, 0.2) is 11.5 Å². The molecule has 1 atom stereocenters. The maximum absolute atomic E-state index is 13.0. The van der Waals surface area contributed by atoms with Gasteiger partial charge in [-0.25, -0.2) is 9.97 Å². The Kier molecular flexibility index (Phi) is 6.98. The van der Waals surface area contributed by atoms with E-state index in [0.717, 1.165) is 18.7 Å². The third-order valence-electron chi connectivity index (χ3n) is 5.51. The lowest BCUT2D eigenvalue weighted by molar-refractivity contribution is 0.0162. The van der Waals surface area contributed by atoms with Gasteiger partial charge in [0.1, 0.15) is 12.1 Å². The SMILES string of the molecule is COc1ccc([C@@H](CNC(=O)c2ccnc(-n3ccnc3)c2)N2CCOCC2)cc1OC. The summed E-state index contributed by atoms with van der Waals surface area (Å²) in [5, 5.41) is 3.09. The predicted molar refractivity (Wildman–Crippen MR) is 118 cm³/mol. The molecule has 32 heavy (non-hydrogen) atoms.